The fraction of sp³-hybridized carbons (Fsp3) is 0.368. The van der Waals surface area contributed by atoms with Gasteiger partial charge in [-0.3, -0.25) is 9.59 Å². The molecule has 1 atom stereocenters. The van der Waals surface area contributed by atoms with Crippen LogP contribution >= 0.6 is 0 Å². The Balaban J connectivity index is 1.50. The third-order valence-electron chi connectivity index (χ3n) is 5.22. The van der Waals surface area contributed by atoms with E-state index >= 15 is 0 Å². The third-order valence-corrected chi connectivity index (χ3v) is 5.22. The van der Waals surface area contributed by atoms with Gasteiger partial charge in [-0.1, -0.05) is 17.7 Å². The zero-order valence-electron chi connectivity index (χ0n) is 14.2. The van der Waals surface area contributed by atoms with E-state index in [0.29, 0.717) is 31.6 Å². The Morgan fingerprint density at radius 2 is 1.92 bits per heavy atom. The van der Waals surface area contributed by atoms with Crippen molar-refractivity contribution in [3.63, 3.8) is 0 Å². The van der Waals surface area contributed by atoms with Crippen LogP contribution in [0.3, 0.4) is 0 Å². The fourth-order valence-electron chi connectivity index (χ4n) is 3.84. The van der Waals surface area contributed by atoms with Gasteiger partial charge in [-0.05, 0) is 31.5 Å². The van der Waals surface area contributed by atoms with Gasteiger partial charge in [-0.15, -0.1) is 0 Å². The summed E-state index contributed by atoms with van der Waals surface area (Å²) in [6.07, 6.45) is 4.37. The van der Waals surface area contributed by atoms with Gasteiger partial charge in [-0.2, -0.15) is 10.2 Å². The summed E-state index contributed by atoms with van der Waals surface area (Å²) in [5.74, 6) is 0.108. The van der Waals surface area contributed by atoms with Crippen LogP contribution in [0.2, 0.25) is 0 Å². The maximum absolute atomic E-state index is 12.6. The molecule has 6 heteroatoms. The molecule has 0 unspecified atom stereocenters. The van der Waals surface area contributed by atoms with E-state index in [9.17, 15) is 9.59 Å². The Morgan fingerprint density at radius 3 is 2.64 bits per heavy atom. The van der Waals surface area contributed by atoms with Crippen LogP contribution in [0.1, 0.15) is 28.8 Å². The number of anilines is 1. The van der Waals surface area contributed by atoms with E-state index in [-0.39, 0.29) is 17.2 Å². The number of benzene rings is 1. The molecule has 0 bridgehead atoms. The summed E-state index contributed by atoms with van der Waals surface area (Å²) in [6.45, 7) is 4.00. The molecule has 4 rings (SSSR count). The topological polar surface area (TPSA) is 66.4 Å². The molecule has 1 spiro atoms. The van der Waals surface area contributed by atoms with Crippen molar-refractivity contribution in [2.24, 2.45) is 5.41 Å². The first-order valence-electron chi connectivity index (χ1n) is 8.49. The highest BCUT2D eigenvalue weighted by Crippen LogP contribution is 2.42. The summed E-state index contributed by atoms with van der Waals surface area (Å²) in [6, 6.07) is 9.71. The number of hydrogen-bond donors (Lipinski definition) is 0. The molecule has 0 N–H and O–H groups in total. The molecule has 0 saturated carbocycles. The van der Waals surface area contributed by atoms with Gasteiger partial charge in [0.15, 0.2) is 0 Å². The van der Waals surface area contributed by atoms with Crippen LogP contribution in [-0.2, 0) is 4.79 Å². The van der Waals surface area contributed by atoms with Crippen molar-refractivity contribution in [2.45, 2.75) is 19.8 Å². The number of nitrogens with zero attached hydrogens (tertiary/aromatic N) is 4. The van der Waals surface area contributed by atoms with Crippen molar-refractivity contribution in [3.05, 3.63) is 53.9 Å². The Kier molecular flexibility index (Phi) is 3.75. The van der Waals surface area contributed by atoms with E-state index in [2.05, 4.69) is 10.2 Å². The summed E-state index contributed by atoms with van der Waals surface area (Å²) >= 11 is 0. The van der Waals surface area contributed by atoms with Crippen molar-refractivity contribution in [3.8, 4) is 0 Å². The van der Waals surface area contributed by atoms with Gasteiger partial charge < -0.3 is 9.80 Å². The lowest BCUT2D eigenvalue weighted by molar-refractivity contribution is -0.117. The molecule has 2 aliphatic rings. The normalized spacial score (nSPS) is 22.8. The van der Waals surface area contributed by atoms with Crippen LogP contribution in [0, 0.1) is 12.3 Å². The van der Waals surface area contributed by atoms with E-state index in [4.69, 9.17) is 0 Å². The molecule has 1 aromatic heterocycles. The highest BCUT2D eigenvalue weighted by Gasteiger charge is 2.48. The predicted molar refractivity (Wildman–Crippen MR) is 93.1 cm³/mol. The smallest absolute Gasteiger partial charge is 0.255 e. The number of aryl methyl sites for hydroxylation is 1. The van der Waals surface area contributed by atoms with Crippen molar-refractivity contribution in [1.29, 1.82) is 0 Å². The molecule has 0 aliphatic carbocycles. The summed E-state index contributed by atoms with van der Waals surface area (Å²) in [4.78, 5) is 28.9. The van der Waals surface area contributed by atoms with Gasteiger partial charge in [0, 0.05) is 37.2 Å². The molecular formula is C19H20N4O2. The third kappa shape index (κ3) is 2.88. The molecule has 2 saturated heterocycles. The largest absolute Gasteiger partial charge is 0.338 e. The molecule has 0 radical (unpaired) electrons. The molecular weight excluding hydrogens is 316 g/mol. The first kappa shape index (κ1) is 15.7. The van der Waals surface area contributed by atoms with Gasteiger partial charge in [0.2, 0.25) is 5.91 Å². The Bertz CT molecular complexity index is 806. The highest BCUT2D eigenvalue weighted by atomic mass is 16.2. The van der Waals surface area contributed by atoms with Crippen molar-refractivity contribution >= 4 is 17.5 Å². The summed E-state index contributed by atoms with van der Waals surface area (Å²) in [5, 5.41) is 7.49. The molecule has 2 fully saturated rings. The number of amides is 2. The number of carbonyl (C=O) groups excluding carboxylic acids is 2. The van der Waals surface area contributed by atoms with Crippen molar-refractivity contribution in [1.82, 2.24) is 15.1 Å². The lowest BCUT2D eigenvalue weighted by Gasteiger charge is -2.24. The summed E-state index contributed by atoms with van der Waals surface area (Å²) in [7, 11) is 0. The molecule has 25 heavy (non-hydrogen) atoms. The molecule has 2 aromatic rings. The minimum absolute atomic E-state index is 0.0343. The number of aromatic nitrogens is 2. The lowest BCUT2D eigenvalue weighted by atomic mass is 9.86. The predicted octanol–water partition coefficient (Wildman–Crippen LogP) is 2.05. The molecule has 128 valence electrons. The van der Waals surface area contributed by atoms with Crippen LogP contribution in [0.15, 0.2) is 42.7 Å². The summed E-state index contributed by atoms with van der Waals surface area (Å²) in [5.41, 5.74) is 2.52. The van der Waals surface area contributed by atoms with E-state index in [0.717, 1.165) is 12.1 Å². The zero-order valence-corrected chi connectivity index (χ0v) is 14.2. The van der Waals surface area contributed by atoms with Gasteiger partial charge in [0.05, 0.1) is 18.0 Å². The molecule has 6 nitrogen and oxygen atoms in total. The van der Waals surface area contributed by atoms with Crippen molar-refractivity contribution in [2.75, 3.05) is 24.5 Å². The Labute approximate surface area is 146 Å². The number of rotatable bonds is 2. The number of likely N-dealkylation sites (tertiary alicyclic amines) is 1. The minimum atomic E-state index is -0.141. The average Bonchev–Trinajstić information content (AvgIpc) is 3.19. The van der Waals surface area contributed by atoms with Crippen LogP contribution in [-0.4, -0.2) is 46.5 Å². The lowest BCUT2D eigenvalue weighted by Crippen LogP contribution is -2.34. The second-order valence-corrected chi connectivity index (χ2v) is 7.10. The average molecular weight is 336 g/mol. The van der Waals surface area contributed by atoms with Crippen LogP contribution in [0.5, 0.6) is 0 Å². The molecule has 3 heterocycles. The highest BCUT2D eigenvalue weighted by molar-refractivity contribution is 5.97. The zero-order chi connectivity index (χ0) is 17.4. The van der Waals surface area contributed by atoms with Gasteiger partial charge in [-0.25, -0.2) is 0 Å². The SMILES string of the molecule is Cc1ccc(N2C[C@@]3(CCN(C(=O)c4ccnnc4)C3)CC2=O)cc1. The molecule has 1 aromatic carbocycles. The minimum Gasteiger partial charge on any atom is -0.338 e. The van der Waals surface area contributed by atoms with Crippen LogP contribution in [0.4, 0.5) is 5.69 Å². The first-order valence-corrected chi connectivity index (χ1v) is 8.49. The van der Waals surface area contributed by atoms with Crippen molar-refractivity contribution < 1.29 is 9.59 Å². The maximum Gasteiger partial charge on any atom is 0.255 e. The molecule has 2 amide bonds. The van der Waals surface area contributed by atoms with E-state index in [1.165, 1.54) is 18.0 Å². The molecule has 2 aliphatic heterocycles. The van der Waals surface area contributed by atoms with Crippen LogP contribution in [0.25, 0.3) is 0 Å². The van der Waals surface area contributed by atoms with Crippen LogP contribution < -0.4 is 4.90 Å². The summed E-state index contributed by atoms with van der Waals surface area (Å²) < 4.78 is 0. The maximum atomic E-state index is 12.6. The monoisotopic (exact) mass is 336 g/mol. The first-order chi connectivity index (χ1) is 12.1. The fourth-order valence-corrected chi connectivity index (χ4v) is 3.84. The number of hydrogen-bond acceptors (Lipinski definition) is 4. The second-order valence-electron chi connectivity index (χ2n) is 7.10. The second kappa shape index (κ2) is 5.95. The van der Waals surface area contributed by atoms with E-state index < -0.39 is 0 Å². The number of carbonyl (C=O) groups is 2. The van der Waals surface area contributed by atoms with Gasteiger partial charge in [0.25, 0.3) is 5.91 Å². The van der Waals surface area contributed by atoms with Gasteiger partial charge in [0.1, 0.15) is 0 Å². The Morgan fingerprint density at radius 1 is 1.12 bits per heavy atom. The van der Waals surface area contributed by atoms with E-state index in [1.54, 1.807) is 6.07 Å². The quantitative estimate of drug-likeness (QED) is 0.842. The van der Waals surface area contributed by atoms with E-state index in [1.807, 2.05) is 41.0 Å². The van der Waals surface area contributed by atoms with Gasteiger partial charge >= 0.3 is 0 Å². The standard InChI is InChI=1S/C19H20N4O2/c1-14-2-4-16(5-3-14)23-13-19(10-17(23)24)7-9-22(12-19)18(25)15-6-8-20-21-11-15/h2-6,8,11H,7,9-10,12-13H2,1H3/t19-/m0/s1. The Hall–Kier alpha value is -2.76.